The lowest BCUT2D eigenvalue weighted by molar-refractivity contribution is -0.149. The highest BCUT2D eigenvalue weighted by atomic mass is 35.5. The molecule has 82 valence electrons. The van der Waals surface area contributed by atoms with Gasteiger partial charge in [-0.1, -0.05) is 23.7 Å². The van der Waals surface area contributed by atoms with E-state index in [1.54, 1.807) is 38.1 Å². The number of carbonyl (C=O) groups is 1. The molecule has 0 atom stereocenters. The van der Waals surface area contributed by atoms with Crippen LogP contribution in [0.25, 0.3) is 0 Å². The highest BCUT2D eigenvalue weighted by molar-refractivity contribution is 6.32. The smallest absolute Gasteiger partial charge is 0.344 e. The van der Waals surface area contributed by atoms with Gasteiger partial charge in [-0.3, -0.25) is 0 Å². The van der Waals surface area contributed by atoms with Crippen molar-refractivity contribution >= 4 is 17.6 Å². The maximum absolute atomic E-state index is 11.1. The average molecular weight is 229 g/mol. The fraction of sp³-hybridized carbons (Fsp3) is 0.364. The van der Waals surface area contributed by atoms with Crippen LogP contribution in [-0.2, 0) is 9.53 Å². The van der Waals surface area contributed by atoms with E-state index in [1.807, 2.05) is 0 Å². The molecule has 0 aromatic heterocycles. The summed E-state index contributed by atoms with van der Waals surface area (Å²) in [4.78, 5) is 11.1. The van der Waals surface area contributed by atoms with Crippen molar-refractivity contribution in [2.24, 2.45) is 0 Å². The minimum Gasteiger partial charge on any atom is -0.480 e. The summed E-state index contributed by atoms with van der Waals surface area (Å²) in [6, 6.07) is 6.98. The molecule has 0 saturated carbocycles. The Balaban J connectivity index is 2.44. The van der Waals surface area contributed by atoms with Crippen molar-refractivity contribution in [3.8, 4) is 5.75 Å². The standard InChI is InChI=1S/C11H13ClO3/c1-8(2)15-11(13)7-14-10-6-4-3-5-9(10)12/h3-6,8H,7H2,1-2H3. The van der Waals surface area contributed by atoms with Crippen LogP contribution in [-0.4, -0.2) is 18.7 Å². The van der Waals surface area contributed by atoms with Gasteiger partial charge in [0, 0.05) is 0 Å². The zero-order valence-corrected chi connectivity index (χ0v) is 9.45. The summed E-state index contributed by atoms with van der Waals surface area (Å²) in [5.41, 5.74) is 0. The number of hydrogen-bond donors (Lipinski definition) is 0. The second kappa shape index (κ2) is 5.61. The van der Waals surface area contributed by atoms with Crippen LogP contribution in [0.3, 0.4) is 0 Å². The van der Waals surface area contributed by atoms with Crippen LogP contribution in [0.5, 0.6) is 5.75 Å². The molecule has 3 nitrogen and oxygen atoms in total. The number of esters is 1. The van der Waals surface area contributed by atoms with Crippen LogP contribution in [0, 0.1) is 0 Å². The molecule has 0 radical (unpaired) electrons. The Morgan fingerprint density at radius 1 is 1.40 bits per heavy atom. The van der Waals surface area contributed by atoms with Crippen molar-refractivity contribution in [2.75, 3.05) is 6.61 Å². The molecule has 1 aromatic rings. The molecule has 0 aliphatic heterocycles. The first-order valence-electron chi connectivity index (χ1n) is 4.66. The third-order valence-corrected chi connectivity index (χ3v) is 1.86. The molecule has 0 unspecified atom stereocenters. The van der Waals surface area contributed by atoms with Gasteiger partial charge in [-0.25, -0.2) is 4.79 Å². The van der Waals surface area contributed by atoms with Gasteiger partial charge in [0.15, 0.2) is 6.61 Å². The predicted molar refractivity (Wildman–Crippen MR) is 58.2 cm³/mol. The van der Waals surface area contributed by atoms with Gasteiger partial charge in [0.25, 0.3) is 0 Å². The van der Waals surface area contributed by atoms with Crippen LogP contribution >= 0.6 is 11.6 Å². The summed E-state index contributed by atoms with van der Waals surface area (Å²) in [7, 11) is 0. The highest BCUT2D eigenvalue weighted by Crippen LogP contribution is 2.22. The lowest BCUT2D eigenvalue weighted by Crippen LogP contribution is -2.18. The van der Waals surface area contributed by atoms with E-state index in [1.165, 1.54) is 0 Å². The van der Waals surface area contributed by atoms with Crippen LogP contribution < -0.4 is 4.74 Å². The normalized spacial score (nSPS) is 10.1. The molecule has 0 spiro atoms. The van der Waals surface area contributed by atoms with E-state index >= 15 is 0 Å². The topological polar surface area (TPSA) is 35.5 Å². The summed E-state index contributed by atoms with van der Waals surface area (Å²) in [6.45, 7) is 3.45. The van der Waals surface area contributed by atoms with Gasteiger partial charge in [0.05, 0.1) is 11.1 Å². The number of benzene rings is 1. The Kier molecular flexibility index (Phi) is 4.43. The van der Waals surface area contributed by atoms with Crippen molar-refractivity contribution in [1.29, 1.82) is 0 Å². The van der Waals surface area contributed by atoms with Crippen molar-refractivity contribution in [3.05, 3.63) is 29.3 Å². The Morgan fingerprint density at radius 2 is 2.07 bits per heavy atom. The zero-order valence-electron chi connectivity index (χ0n) is 8.70. The molecule has 4 heteroatoms. The molecule has 1 aromatic carbocycles. The van der Waals surface area contributed by atoms with E-state index in [4.69, 9.17) is 21.1 Å². The van der Waals surface area contributed by atoms with Gasteiger partial charge in [0.1, 0.15) is 5.75 Å². The van der Waals surface area contributed by atoms with Crippen molar-refractivity contribution < 1.29 is 14.3 Å². The zero-order chi connectivity index (χ0) is 11.3. The Hall–Kier alpha value is -1.22. The number of carbonyl (C=O) groups excluding carboxylic acids is 1. The molecule has 0 N–H and O–H groups in total. The summed E-state index contributed by atoms with van der Waals surface area (Å²) in [5, 5.41) is 0.481. The molecule has 0 saturated heterocycles. The molecule has 0 amide bonds. The van der Waals surface area contributed by atoms with E-state index in [2.05, 4.69) is 0 Å². The molecule has 0 fully saturated rings. The third-order valence-electron chi connectivity index (χ3n) is 1.55. The lowest BCUT2D eigenvalue weighted by atomic mass is 10.3. The quantitative estimate of drug-likeness (QED) is 0.744. The lowest BCUT2D eigenvalue weighted by Gasteiger charge is -2.09. The van der Waals surface area contributed by atoms with Crippen molar-refractivity contribution in [3.63, 3.8) is 0 Å². The Labute approximate surface area is 93.9 Å². The first kappa shape index (κ1) is 11.9. The highest BCUT2D eigenvalue weighted by Gasteiger charge is 2.07. The van der Waals surface area contributed by atoms with Gasteiger partial charge < -0.3 is 9.47 Å². The van der Waals surface area contributed by atoms with Crippen LogP contribution in [0.15, 0.2) is 24.3 Å². The largest absolute Gasteiger partial charge is 0.480 e. The minimum absolute atomic E-state index is 0.123. The first-order valence-corrected chi connectivity index (χ1v) is 5.04. The van der Waals surface area contributed by atoms with Crippen LogP contribution in [0.2, 0.25) is 5.02 Å². The minimum atomic E-state index is -0.398. The second-order valence-corrected chi connectivity index (χ2v) is 3.66. The maximum Gasteiger partial charge on any atom is 0.344 e. The van der Waals surface area contributed by atoms with E-state index < -0.39 is 5.97 Å². The first-order chi connectivity index (χ1) is 7.09. The van der Waals surface area contributed by atoms with Crippen molar-refractivity contribution in [1.82, 2.24) is 0 Å². The predicted octanol–water partition coefficient (Wildman–Crippen LogP) is 2.67. The molecular formula is C11H13ClO3. The molecule has 0 bridgehead atoms. The van der Waals surface area contributed by atoms with Gasteiger partial charge in [-0.15, -0.1) is 0 Å². The Bertz CT molecular complexity index is 336. The molecule has 0 heterocycles. The van der Waals surface area contributed by atoms with Gasteiger partial charge in [-0.05, 0) is 26.0 Å². The third kappa shape index (κ3) is 4.21. The second-order valence-electron chi connectivity index (χ2n) is 3.26. The fourth-order valence-electron chi connectivity index (χ4n) is 0.995. The molecule has 0 aliphatic carbocycles. The van der Waals surface area contributed by atoms with E-state index in [0.717, 1.165) is 0 Å². The van der Waals surface area contributed by atoms with E-state index in [0.29, 0.717) is 10.8 Å². The van der Waals surface area contributed by atoms with Gasteiger partial charge >= 0.3 is 5.97 Å². The molecule has 1 rings (SSSR count). The molecular weight excluding hydrogens is 216 g/mol. The summed E-state index contributed by atoms with van der Waals surface area (Å²) < 4.78 is 10.1. The SMILES string of the molecule is CC(C)OC(=O)COc1ccccc1Cl. The number of para-hydroxylation sites is 1. The van der Waals surface area contributed by atoms with Gasteiger partial charge in [-0.2, -0.15) is 0 Å². The van der Waals surface area contributed by atoms with Gasteiger partial charge in [0.2, 0.25) is 0 Å². The molecule has 15 heavy (non-hydrogen) atoms. The number of rotatable bonds is 4. The fourth-order valence-corrected chi connectivity index (χ4v) is 1.19. The monoisotopic (exact) mass is 228 g/mol. The van der Waals surface area contributed by atoms with Crippen molar-refractivity contribution in [2.45, 2.75) is 20.0 Å². The Morgan fingerprint density at radius 3 is 2.67 bits per heavy atom. The van der Waals surface area contributed by atoms with Crippen LogP contribution in [0.4, 0.5) is 0 Å². The summed E-state index contributed by atoms with van der Waals surface area (Å²) in [6.07, 6.45) is -0.132. The number of halogens is 1. The average Bonchev–Trinajstić information content (AvgIpc) is 2.15. The van der Waals surface area contributed by atoms with Crippen LogP contribution in [0.1, 0.15) is 13.8 Å². The van der Waals surface area contributed by atoms with E-state index in [-0.39, 0.29) is 12.7 Å². The molecule has 0 aliphatic rings. The summed E-state index contributed by atoms with van der Waals surface area (Å²) in [5.74, 6) is 0.0878. The summed E-state index contributed by atoms with van der Waals surface area (Å²) >= 11 is 5.84. The maximum atomic E-state index is 11.1. The number of ether oxygens (including phenoxy) is 2. The van der Waals surface area contributed by atoms with E-state index in [9.17, 15) is 4.79 Å². The number of hydrogen-bond acceptors (Lipinski definition) is 3.